The molecular formula is C36H36N2. The van der Waals surface area contributed by atoms with Gasteiger partial charge in [-0.3, -0.25) is 0 Å². The summed E-state index contributed by atoms with van der Waals surface area (Å²) < 4.78 is 0. The van der Waals surface area contributed by atoms with Gasteiger partial charge in [-0.25, -0.2) is 0 Å². The summed E-state index contributed by atoms with van der Waals surface area (Å²) in [6.45, 7) is 13.2. The molecule has 0 N–H and O–H groups in total. The fraction of sp³-hybridized carbons (Fsp3) is 0.167. The zero-order chi connectivity index (χ0) is 26.8. The number of nitrogens with zero attached hydrogens (tertiary/aromatic N) is 2. The number of anilines is 6. The van der Waals surface area contributed by atoms with Crippen LogP contribution in [0.2, 0.25) is 0 Å². The minimum Gasteiger partial charge on any atom is -0.310 e. The third-order valence-corrected chi connectivity index (χ3v) is 7.11. The molecule has 0 atom stereocenters. The molecule has 0 aromatic heterocycles. The predicted molar refractivity (Wildman–Crippen MR) is 164 cm³/mol. The molecule has 5 aromatic carbocycles. The Morgan fingerprint density at radius 1 is 0.342 bits per heavy atom. The zero-order valence-corrected chi connectivity index (χ0v) is 23.3. The van der Waals surface area contributed by atoms with Crippen molar-refractivity contribution in [1.29, 1.82) is 0 Å². The van der Waals surface area contributed by atoms with Crippen LogP contribution in [0.1, 0.15) is 33.4 Å². The Bertz CT molecular complexity index is 1390. The molecule has 0 fully saturated rings. The Balaban J connectivity index is 1.65. The second kappa shape index (κ2) is 10.6. The van der Waals surface area contributed by atoms with Crippen LogP contribution in [0.15, 0.2) is 109 Å². The maximum absolute atomic E-state index is 2.38. The lowest BCUT2D eigenvalue weighted by Gasteiger charge is -2.31. The van der Waals surface area contributed by atoms with Gasteiger partial charge in [0.25, 0.3) is 0 Å². The zero-order valence-electron chi connectivity index (χ0n) is 23.3. The first-order chi connectivity index (χ1) is 18.3. The van der Waals surface area contributed by atoms with Gasteiger partial charge in [0.15, 0.2) is 0 Å². The van der Waals surface area contributed by atoms with E-state index in [1.165, 1.54) is 44.8 Å². The highest BCUT2D eigenvalue weighted by Crippen LogP contribution is 2.42. The van der Waals surface area contributed by atoms with Crippen molar-refractivity contribution in [2.24, 2.45) is 0 Å². The van der Waals surface area contributed by atoms with Crippen molar-refractivity contribution >= 4 is 34.1 Å². The largest absolute Gasteiger partial charge is 0.310 e. The highest BCUT2D eigenvalue weighted by molar-refractivity contribution is 5.84. The standard InChI is InChI=1S/C36H36N2/c1-25-21-27(3)35(28(4)22-25)37(31-13-9-7-10-14-31)33-17-19-34(20-18-33)38(32-15-11-8-12-16-32)36-29(5)23-26(2)24-30(36)6/h7-24H,1-6H3. The molecule has 38 heavy (non-hydrogen) atoms. The van der Waals surface area contributed by atoms with E-state index in [0.717, 1.165) is 22.7 Å². The SMILES string of the molecule is Cc1cc(C)c(N(c2ccccc2)c2ccc(N(c3ccccc3)c3c(C)cc(C)cc3C)cc2)c(C)c1. The molecule has 0 saturated heterocycles. The Labute approximate surface area is 227 Å². The van der Waals surface area contributed by atoms with Crippen molar-refractivity contribution in [1.82, 2.24) is 0 Å². The molecule has 0 aliphatic carbocycles. The van der Waals surface area contributed by atoms with Crippen molar-refractivity contribution in [2.75, 3.05) is 9.80 Å². The van der Waals surface area contributed by atoms with E-state index < -0.39 is 0 Å². The van der Waals surface area contributed by atoms with Gasteiger partial charge < -0.3 is 9.80 Å². The normalized spacial score (nSPS) is 10.9. The fourth-order valence-electron chi connectivity index (χ4n) is 5.77. The third kappa shape index (κ3) is 4.95. The van der Waals surface area contributed by atoms with Crippen LogP contribution in [0.3, 0.4) is 0 Å². The van der Waals surface area contributed by atoms with E-state index in [1.54, 1.807) is 0 Å². The van der Waals surface area contributed by atoms with Gasteiger partial charge >= 0.3 is 0 Å². The van der Waals surface area contributed by atoms with Crippen LogP contribution in [-0.4, -0.2) is 0 Å². The van der Waals surface area contributed by atoms with Crippen LogP contribution < -0.4 is 9.80 Å². The topological polar surface area (TPSA) is 6.48 Å². The van der Waals surface area contributed by atoms with Crippen LogP contribution in [0.25, 0.3) is 0 Å². The minimum atomic E-state index is 1.14. The van der Waals surface area contributed by atoms with Crippen LogP contribution in [0.5, 0.6) is 0 Å². The fourth-order valence-corrected chi connectivity index (χ4v) is 5.77. The van der Waals surface area contributed by atoms with E-state index in [2.05, 4.69) is 161 Å². The molecule has 0 bridgehead atoms. The van der Waals surface area contributed by atoms with Gasteiger partial charge in [-0.2, -0.15) is 0 Å². The highest BCUT2D eigenvalue weighted by Gasteiger charge is 2.20. The predicted octanol–water partition coefficient (Wildman–Crippen LogP) is 10.5. The number of para-hydroxylation sites is 2. The highest BCUT2D eigenvalue weighted by atomic mass is 15.2. The van der Waals surface area contributed by atoms with Crippen molar-refractivity contribution in [3.05, 3.63) is 143 Å². The second-order valence-corrected chi connectivity index (χ2v) is 10.4. The van der Waals surface area contributed by atoms with Gasteiger partial charge in [0.1, 0.15) is 0 Å². The van der Waals surface area contributed by atoms with Gasteiger partial charge in [-0.1, -0.05) is 71.8 Å². The quantitative estimate of drug-likeness (QED) is 0.231. The summed E-state index contributed by atoms with van der Waals surface area (Å²) in [6.07, 6.45) is 0. The Hall–Kier alpha value is -4.30. The molecule has 5 aromatic rings. The van der Waals surface area contributed by atoms with Crippen LogP contribution >= 0.6 is 0 Å². The molecule has 0 spiro atoms. The number of hydrogen-bond donors (Lipinski definition) is 0. The molecule has 0 radical (unpaired) electrons. The van der Waals surface area contributed by atoms with Crippen molar-refractivity contribution in [3.63, 3.8) is 0 Å². The number of hydrogen-bond acceptors (Lipinski definition) is 2. The lowest BCUT2D eigenvalue weighted by molar-refractivity contribution is 1.19. The Kier molecular flexibility index (Phi) is 7.07. The first kappa shape index (κ1) is 25.4. The van der Waals surface area contributed by atoms with Gasteiger partial charge in [0, 0.05) is 22.7 Å². The third-order valence-electron chi connectivity index (χ3n) is 7.11. The van der Waals surface area contributed by atoms with Crippen LogP contribution in [0, 0.1) is 41.5 Å². The summed E-state index contributed by atoms with van der Waals surface area (Å²) in [4.78, 5) is 4.76. The van der Waals surface area contributed by atoms with E-state index in [9.17, 15) is 0 Å². The summed E-state index contributed by atoms with van der Waals surface area (Å²) in [6, 6.07) is 39.4. The summed E-state index contributed by atoms with van der Waals surface area (Å²) in [5, 5.41) is 0. The van der Waals surface area contributed by atoms with E-state index >= 15 is 0 Å². The molecule has 0 unspecified atom stereocenters. The van der Waals surface area contributed by atoms with E-state index in [4.69, 9.17) is 0 Å². The van der Waals surface area contributed by atoms with E-state index in [-0.39, 0.29) is 0 Å². The van der Waals surface area contributed by atoms with Crippen molar-refractivity contribution in [3.8, 4) is 0 Å². The van der Waals surface area contributed by atoms with Crippen LogP contribution in [0.4, 0.5) is 34.1 Å². The Morgan fingerprint density at radius 3 is 0.895 bits per heavy atom. The molecule has 2 nitrogen and oxygen atoms in total. The number of rotatable bonds is 6. The molecule has 0 saturated carbocycles. The summed E-state index contributed by atoms with van der Waals surface area (Å²) in [7, 11) is 0. The first-order valence-corrected chi connectivity index (χ1v) is 13.3. The maximum atomic E-state index is 2.38. The summed E-state index contributed by atoms with van der Waals surface area (Å²) in [5.41, 5.74) is 14.7. The minimum absolute atomic E-state index is 1.14. The van der Waals surface area contributed by atoms with Gasteiger partial charge in [0.2, 0.25) is 0 Å². The number of benzene rings is 5. The number of aryl methyl sites for hydroxylation is 6. The molecule has 5 rings (SSSR count). The molecule has 0 aliphatic rings. The molecule has 0 heterocycles. The summed E-state index contributed by atoms with van der Waals surface area (Å²) >= 11 is 0. The molecule has 0 amide bonds. The second-order valence-electron chi connectivity index (χ2n) is 10.4. The van der Waals surface area contributed by atoms with Gasteiger partial charge in [0.05, 0.1) is 11.4 Å². The van der Waals surface area contributed by atoms with Crippen molar-refractivity contribution < 1.29 is 0 Å². The van der Waals surface area contributed by atoms with E-state index in [1.807, 2.05) is 0 Å². The molecule has 0 aliphatic heterocycles. The van der Waals surface area contributed by atoms with Gasteiger partial charge in [-0.15, -0.1) is 0 Å². The monoisotopic (exact) mass is 496 g/mol. The summed E-state index contributed by atoms with van der Waals surface area (Å²) in [5.74, 6) is 0. The Morgan fingerprint density at radius 2 is 0.605 bits per heavy atom. The van der Waals surface area contributed by atoms with Crippen molar-refractivity contribution in [2.45, 2.75) is 41.5 Å². The average Bonchev–Trinajstić information content (AvgIpc) is 2.89. The van der Waals surface area contributed by atoms with Gasteiger partial charge in [-0.05, 0) is 112 Å². The van der Waals surface area contributed by atoms with E-state index in [0.29, 0.717) is 0 Å². The first-order valence-electron chi connectivity index (χ1n) is 13.3. The molecular weight excluding hydrogens is 460 g/mol. The van der Waals surface area contributed by atoms with Crippen LogP contribution in [-0.2, 0) is 0 Å². The average molecular weight is 497 g/mol. The smallest absolute Gasteiger partial charge is 0.0520 e. The molecule has 2 heteroatoms. The maximum Gasteiger partial charge on any atom is 0.0520 e. The lowest BCUT2D eigenvalue weighted by atomic mass is 10.0. The molecule has 190 valence electrons. The lowest BCUT2D eigenvalue weighted by Crippen LogP contribution is -2.15.